The van der Waals surface area contributed by atoms with Gasteiger partial charge in [0.25, 0.3) is 0 Å². The molecule has 1 aromatic rings. The SMILES string of the molecule is CCOP(=O)(OCC)[C@H](N)c1ccc(F)cc1F. The number of halogens is 2. The van der Waals surface area contributed by atoms with Crippen molar-refractivity contribution >= 4 is 7.60 Å². The lowest BCUT2D eigenvalue weighted by atomic mass is 10.2. The Balaban J connectivity index is 3.09. The summed E-state index contributed by atoms with van der Waals surface area (Å²) in [6, 6.07) is 2.86. The molecular weight excluding hydrogens is 263 g/mol. The molecule has 0 fully saturated rings. The van der Waals surface area contributed by atoms with Crippen LogP contribution in [0, 0.1) is 11.6 Å². The van der Waals surface area contributed by atoms with E-state index in [1.165, 1.54) is 0 Å². The van der Waals surface area contributed by atoms with Crippen molar-refractivity contribution in [2.75, 3.05) is 13.2 Å². The second kappa shape index (κ2) is 6.38. The third-order valence-corrected chi connectivity index (χ3v) is 4.44. The number of hydrogen-bond donors (Lipinski definition) is 1. The standard InChI is InChI=1S/C11H16F2NO3P/c1-3-16-18(15,17-4-2)11(14)9-6-5-8(12)7-10(9)13/h5-7,11H,3-4,14H2,1-2H3/t11-/m0/s1. The summed E-state index contributed by atoms with van der Waals surface area (Å²) in [5, 5.41) is 0. The van der Waals surface area contributed by atoms with E-state index in [2.05, 4.69) is 0 Å². The van der Waals surface area contributed by atoms with Crippen LogP contribution in [0.3, 0.4) is 0 Å². The van der Waals surface area contributed by atoms with Crippen molar-refractivity contribution in [3.8, 4) is 0 Å². The minimum absolute atomic E-state index is 0.0957. The van der Waals surface area contributed by atoms with Crippen LogP contribution in [-0.4, -0.2) is 13.2 Å². The van der Waals surface area contributed by atoms with Gasteiger partial charge in [-0.3, -0.25) is 4.57 Å². The Morgan fingerprint density at radius 1 is 1.28 bits per heavy atom. The molecule has 7 heteroatoms. The predicted molar refractivity (Wildman–Crippen MR) is 64.1 cm³/mol. The Bertz CT molecular complexity index is 446. The van der Waals surface area contributed by atoms with Crippen LogP contribution in [-0.2, 0) is 13.6 Å². The summed E-state index contributed by atoms with van der Waals surface area (Å²) in [4.78, 5) is 0. The second-order valence-electron chi connectivity index (χ2n) is 3.49. The van der Waals surface area contributed by atoms with Crippen molar-refractivity contribution < 1.29 is 22.4 Å². The third-order valence-electron chi connectivity index (χ3n) is 2.24. The van der Waals surface area contributed by atoms with Gasteiger partial charge in [0.2, 0.25) is 0 Å². The van der Waals surface area contributed by atoms with Crippen molar-refractivity contribution in [1.29, 1.82) is 0 Å². The average molecular weight is 279 g/mol. The molecule has 0 amide bonds. The molecule has 0 aliphatic rings. The molecule has 0 unspecified atom stereocenters. The maximum atomic E-state index is 13.6. The zero-order valence-corrected chi connectivity index (χ0v) is 11.1. The van der Waals surface area contributed by atoms with Gasteiger partial charge in [0.1, 0.15) is 17.4 Å². The summed E-state index contributed by atoms with van der Waals surface area (Å²) in [7, 11) is -3.66. The van der Waals surface area contributed by atoms with E-state index in [1.54, 1.807) is 13.8 Å². The number of rotatable bonds is 6. The molecule has 1 atom stereocenters. The Morgan fingerprint density at radius 2 is 1.83 bits per heavy atom. The minimum Gasteiger partial charge on any atom is -0.314 e. The lowest BCUT2D eigenvalue weighted by Gasteiger charge is -2.23. The fourth-order valence-corrected chi connectivity index (χ4v) is 3.14. The fraction of sp³-hybridized carbons (Fsp3) is 0.455. The zero-order chi connectivity index (χ0) is 13.8. The maximum absolute atomic E-state index is 13.6. The van der Waals surface area contributed by atoms with E-state index < -0.39 is 25.0 Å². The van der Waals surface area contributed by atoms with Crippen molar-refractivity contribution in [3.63, 3.8) is 0 Å². The highest BCUT2D eigenvalue weighted by atomic mass is 31.2. The summed E-state index contributed by atoms with van der Waals surface area (Å²) in [5.74, 6) is -2.88. The van der Waals surface area contributed by atoms with E-state index in [9.17, 15) is 13.3 Å². The van der Waals surface area contributed by atoms with Gasteiger partial charge in [0.15, 0.2) is 0 Å². The van der Waals surface area contributed by atoms with Crippen LogP contribution in [0.1, 0.15) is 25.2 Å². The number of nitrogens with two attached hydrogens (primary N) is 1. The highest BCUT2D eigenvalue weighted by Crippen LogP contribution is 2.58. The first-order valence-corrected chi connectivity index (χ1v) is 7.15. The molecule has 0 radical (unpaired) electrons. The summed E-state index contributed by atoms with van der Waals surface area (Å²) < 4.78 is 48.7. The van der Waals surface area contributed by atoms with Crippen LogP contribution in [0.25, 0.3) is 0 Å². The van der Waals surface area contributed by atoms with Crippen molar-refractivity contribution in [2.45, 2.75) is 19.6 Å². The summed E-state index contributed by atoms with van der Waals surface area (Å²) >= 11 is 0. The predicted octanol–water partition coefficient (Wildman–Crippen LogP) is 3.19. The second-order valence-corrected chi connectivity index (χ2v) is 5.64. The van der Waals surface area contributed by atoms with E-state index in [-0.39, 0.29) is 18.8 Å². The molecule has 0 spiro atoms. The molecule has 4 nitrogen and oxygen atoms in total. The van der Waals surface area contributed by atoms with Gasteiger partial charge >= 0.3 is 7.60 Å². The first-order valence-electron chi connectivity index (χ1n) is 5.54. The molecule has 0 heterocycles. The molecule has 0 bridgehead atoms. The van der Waals surface area contributed by atoms with Gasteiger partial charge in [-0.05, 0) is 19.9 Å². The number of hydrogen-bond acceptors (Lipinski definition) is 4. The van der Waals surface area contributed by atoms with E-state index in [0.29, 0.717) is 6.07 Å². The van der Waals surface area contributed by atoms with Gasteiger partial charge < -0.3 is 14.8 Å². The Hall–Kier alpha value is -0.810. The van der Waals surface area contributed by atoms with Gasteiger partial charge in [-0.15, -0.1) is 0 Å². The Kier molecular flexibility index (Phi) is 5.41. The first-order chi connectivity index (χ1) is 8.44. The highest BCUT2D eigenvalue weighted by Gasteiger charge is 2.35. The van der Waals surface area contributed by atoms with Gasteiger partial charge in [0.05, 0.1) is 13.2 Å². The molecule has 2 N–H and O–H groups in total. The van der Waals surface area contributed by atoms with E-state index >= 15 is 0 Å². The molecule has 0 saturated heterocycles. The van der Waals surface area contributed by atoms with Gasteiger partial charge in [-0.1, -0.05) is 6.07 Å². The molecule has 102 valence electrons. The van der Waals surface area contributed by atoms with Crippen LogP contribution in [0.2, 0.25) is 0 Å². The van der Waals surface area contributed by atoms with E-state index in [1.807, 2.05) is 0 Å². The lowest BCUT2D eigenvalue weighted by Crippen LogP contribution is -2.16. The highest BCUT2D eigenvalue weighted by molar-refractivity contribution is 7.54. The quantitative estimate of drug-likeness (QED) is 0.812. The van der Waals surface area contributed by atoms with Crippen molar-refractivity contribution in [2.24, 2.45) is 5.73 Å². The lowest BCUT2D eigenvalue weighted by molar-refractivity contribution is 0.212. The summed E-state index contributed by atoms with van der Waals surface area (Å²) in [5.41, 5.74) is 5.63. The molecule has 0 saturated carbocycles. The fourth-order valence-electron chi connectivity index (χ4n) is 1.47. The molecule has 0 aliphatic heterocycles. The topological polar surface area (TPSA) is 61.5 Å². The van der Waals surface area contributed by atoms with Gasteiger partial charge in [-0.25, -0.2) is 8.78 Å². The summed E-state index contributed by atoms with van der Waals surface area (Å²) in [6.45, 7) is 3.49. The molecule has 18 heavy (non-hydrogen) atoms. The monoisotopic (exact) mass is 279 g/mol. The zero-order valence-electron chi connectivity index (χ0n) is 10.2. The maximum Gasteiger partial charge on any atom is 0.351 e. The third kappa shape index (κ3) is 3.36. The van der Waals surface area contributed by atoms with E-state index in [0.717, 1.165) is 12.1 Å². The van der Waals surface area contributed by atoms with Crippen LogP contribution >= 0.6 is 7.60 Å². The normalized spacial score (nSPS) is 13.6. The molecular formula is C11H16F2NO3P. The van der Waals surface area contributed by atoms with Crippen LogP contribution in [0.15, 0.2) is 18.2 Å². The van der Waals surface area contributed by atoms with Crippen molar-refractivity contribution in [3.05, 3.63) is 35.4 Å². The van der Waals surface area contributed by atoms with E-state index in [4.69, 9.17) is 14.8 Å². The van der Waals surface area contributed by atoms with Crippen LogP contribution in [0.5, 0.6) is 0 Å². The van der Waals surface area contributed by atoms with Gasteiger partial charge in [-0.2, -0.15) is 0 Å². The Labute approximate surface area is 105 Å². The molecule has 1 aromatic carbocycles. The van der Waals surface area contributed by atoms with Crippen LogP contribution < -0.4 is 5.73 Å². The number of benzene rings is 1. The first kappa shape index (κ1) is 15.2. The average Bonchev–Trinajstić information content (AvgIpc) is 2.29. The van der Waals surface area contributed by atoms with Crippen LogP contribution in [0.4, 0.5) is 8.78 Å². The molecule has 0 aliphatic carbocycles. The minimum atomic E-state index is -3.66. The summed E-state index contributed by atoms with van der Waals surface area (Å²) in [6.07, 6.45) is 0. The Morgan fingerprint density at radius 3 is 2.28 bits per heavy atom. The molecule has 0 aromatic heterocycles. The van der Waals surface area contributed by atoms with Gasteiger partial charge in [0, 0.05) is 11.6 Å². The largest absolute Gasteiger partial charge is 0.351 e. The van der Waals surface area contributed by atoms with Crippen molar-refractivity contribution in [1.82, 2.24) is 0 Å². The molecule has 1 rings (SSSR count). The smallest absolute Gasteiger partial charge is 0.314 e.